The predicted octanol–water partition coefficient (Wildman–Crippen LogP) is 2.34. The van der Waals surface area contributed by atoms with Crippen molar-refractivity contribution in [3.8, 4) is 11.4 Å². The number of rotatable bonds is 7. The van der Waals surface area contributed by atoms with Crippen LogP contribution in [0.4, 0.5) is 5.82 Å². The van der Waals surface area contributed by atoms with Gasteiger partial charge in [-0.25, -0.2) is 4.98 Å². The number of aromatic nitrogens is 3. The largest absolute Gasteiger partial charge is 0.383 e. The van der Waals surface area contributed by atoms with Crippen LogP contribution in [0.3, 0.4) is 0 Å². The molecule has 1 N–H and O–H groups in total. The second kappa shape index (κ2) is 9.53. The van der Waals surface area contributed by atoms with Gasteiger partial charge in [0.25, 0.3) is 0 Å². The van der Waals surface area contributed by atoms with Crippen molar-refractivity contribution in [2.24, 2.45) is 0 Å². The van der Waals surface area contributed by atoms with Gasteiger partial charge in [0.1, 0.15) is 5.82 Å². The zero-order chi connectivity index (χ0) is 20.9. The first-order valence-electron chi connectivity index (χ1n) is 10.7. The number of hydrogen-bond acceptors (Lipinski definition) is 8. The van der Waals surface area contributed by atoms with Crippen molar-refractivity contribution in [1.82, 2.24) is 24.9 Å². The molecule has 1 atom stereocenters. The summed E-state index contributed by atoms with van der Waals surface area (Å²) in [5.41, 5.74) is 0.822. The van der Waals surface area contributed by atoms with Crippen molar-refractivity contribution >= 4 is 11.7 Å². The summed E-state index contributed by atoms with van der Waals surface area (Å²) in [4.78, 5) is 25.2. The van der Waals surface area contributed by atoms with Crippen molar-refractivity contribution in [2.75, 3.05) is 45.2 Å². The number of piperidine rings is 1. The molecule has 0 bridgehead atoms. The Morgan fingerprint density at radius 1 is 1.30 bits per heavy atom. The van der Waals surface area contributed by atoms with Crippen LogP contribution in [0.5, 0.6) is 0 Å². The number of hydrogen-bond donors (Lipinski definition) is 1. The monoisotopic (exact) mass is 414 g/mol. The van der Waals surface area contributed by atoms with Crippen LogP contribution in [0.25, 0.3) is 11.4 Å². The Hall–Kier alpha value is -2.52. The van der Waals surface area contributed by atoms with E-state index in [1.807, 2.05) is 17.0 Å². The number of carbonyl (C=O) groups excluding carboxylic acids is 1. The molecule has 0 aromatic carbocycles. The van der Waals surface area contributed by atoms with Crippen LogP contribution in [-0.4, -0.2) is 76.8 Å². The third-order valence-electron chi connectivity index (χ3n) is 6.05. The molecule has 2 fully saturated rings. The van der Waals surface area contributed by atoms with Crippen molar-refractivity contribution in [2.45, 2.75) is 44.7 Å². The van der Waals surface area contributed by atoms with Gasteiger partial charge in [0.15, 0.2) is 0 Å². The number of nitrogens with one attached hydrogen (secondary N) is 1. The number of ether oxygens (including phenoxy) is 1. The fraction of sp³-hybridized carbons (Fsp3) is 0.619. The summed E-state index contributed by atoms with van der Waals surface area (Å²) < 4.78 is 10.8. The molecule has 0 spiro atoms. The minimum Gasteiger partial charge on any atom is -0.383 e. The number of nitrogens with zero attached hydrogens (tertiary/aromatic N) is 5. The van der Waals surface area contributed by atoms with E-state index in [4.69, 9.17) is 14.2 Å². The fourth-order valence-corrected chi connectivity index (χ4v) is 4.48. The summed E-state index contributed by atoms with van der Waals surface area (Å²) >= 11 is 0. The lowest BCUT2D eigenvalue weighted by Crippen LogP contribution is -2.46. The highest BCUT2D eigenvalue weighted by Gasteiger charge is 2.37. The van der Waals surface area contributed by atoms with Gasteiger partial charge in [-0.05, 0) is 44.4 Å². The summed E-state index contributed by atoms with van der Waals surface area (Å²) in [5, 5.41) is 7.52. The van der Waals surface area contributed by atoms with Crippen LogP contribution >= 0.6 is 0 Å². The van der Waals surface area contributed by atoms with Gasteiger partial charge in [0.05, 0.1) is 18.2 Å². The Kier molecular flexibility index (Phi) is 6.59. The van der Waals surface area contributed by atoms with Crippen LogP contribution in [0.1, 0.15) is 44.5 Å². The molecule has 0 unspecified atom stereocenters. The van der Waals surface area contributed by atoms with Gasteiger partial charge in [-0.2, -0.15) is 4.98 Å². The topological polar surface area (TPSA) is 96.6 Å². The van der Waals surface area contributed by atoms with Gasteiger partial charge in [-0.1, -0.05) is 5.16 Å². The van der Waals surface area contributed by atoms with E-state index in [2.05, 4.69) is 20.4 Å². The van der Waals surface area contributed by atoms with Crippen molar-refractivity contribution in [1.29, 1.82) is 0 Å². The van der Waals surface area contributed by atoms with Gasteiger partial charge < -0.3 is 19.5 Å². The highest BCUT2D eigenvalue weighted by atomic mass is 16.5. The Labute approximate surface area is 176 Å². The Bertz CT molecular complexity index is 849. The quantitative estimate of drug-likeness (QED) is 0.690. The molecule has 0 radical (unpaired) electrons. The van der Waals surface area contributed by atoms with Gasteiger partial charge in [-0.3, -0.25) is 9.69 Å². The SMILES string of the molecule is COCCNc1ncccc1-c1noc([C@@H]2CCCN2C2CCN(C(C)=O)CC2)n1. The lowest BCUT2D eigenvalue weighted by atomic mass is 10.0. The molecule has 2 aromatic rings. The molecule has 9 heteroatoms. The number of anilines is 1. The molecule has 162 valence electrons. The maximum Gasteiger partial charge on any atom is 0.244 e. The van der Waals surface area contributed by atoms with Crippen LogP contribution in [0, 0.1) is 0 Å². The summed E-state index contributed by atoms with van der Waals surface area (Å²) in [6, 6.07) is 4.41. The molecule has 4 rings (SSSR count). The minimum atomic E-state index is 0.140. The molecule has 0 saturated carbocycles. The first-order valence-corrected chi connectivity index (χ1v) is 10.7. The minimum absolute atomic E-state index is 0.140. The Morgan fingerprint density at radius 3 is 2.90 bits per heavy atom. The Balaban J connectivity index is 1.47. The van der Waals surface area contributed by atoms with E-state index >= 15 is 0 Å². The molecule has 1 amide bonds. The van der Waals surface area contributed by atoms with Crippen molar-refractivity contribution in [3.63, 3.8) is 0 Å². The molecule has 2 saturated heterocycles. The van der Waals surface area contributed by atoms with Crippen LogP contribution in [0.2, 0.25) is 0 Å². The van der Waals surface area contributed by atoms with Crippen LogP contribution in [-0.2, 0) is 9.53 Å². The first kappa shape index (κ1) is 20.7. The summed E-state index contributed by atoms with van der Waals surface area (Å²) in [6.45, 7) is 5.57. The van der Waals surface area contributed by atoms with Gasteiger partial charge in [0, 0.05) is 45.9 Å². The average Bonchev–Trinajstić information content (AvgIpc) is 3.44. The van der Waals surface area contributed by atoms with E-state index in [0.29, 0.717) is 30.9 Å². The normalized spacial score (nSPS) is 20.6. The summed E-state index contributed by atoms with van der Waals surface area (Å²) in [6.07, 6.45) is 5.86. The highest BCUT2D eigenvalue weighted by molar-refractivity contribution is 5.73. The van der Waals surface area contributed by atoms with E-state index in [1.54, 1.807) is 20.2 Å². The molecule has 4 heterocycles. The lowest BCUT2D eigenvalue weighted by molar-refractivity contribution is -0.130. The van der Waals surface area contributed by atoms with Gasteiger partial charge in [0.2, 0.25) is 17.6 Å². The summed E-state index contributed by atoms with van der Waals surface area (Å²) in [7, 11) is 1.67. The number of methoxy groups -OCH3 is 1. The fourth-order valence-electron chi connectivity index (χ4n) is 4.48. The van der Waals surface area contributed by atoms with Crippen molar-refractivity contribution in [3.05, 3.63) is 24.2 Å². The van der Waals surface area contributed by atoms with E-state index in [0.717, 1.165) is 56.7 Å². The predicted molar refractivity (Wildman–Crippen MR) is 112 cm³/mol. The number of likely N-dealkylation sites (tertiary alicyclic amines) is 2. The van der Waals surface area contributed by atoms with Crippen molar-refractivity contribution < 1.29 is 14.1 Å². The van der Waals surface area contributed by atoms with Gasteiger partial charge in [-0.15, -0.1) is 0 Å². The number of pyridine rings is 1. The molecule has 2 aliphatic heterocycles. The molecule has 9 nitrogen and oxygen atoms in total. The maximum absolute atomic E-state index is 11.6. The molecular weight excluding hydrogens is 384 g/mol. The second-order valence-electron chi connectivity index (χ2n) is 7.91. The number of carbonyl (C=O) groups is 1. The second-order valence-corrected chi connectivity index (χ2v) is 7.91. The molecule has 2 aliphatic rings. The highest BCUT2D eigenvalue weighted by Crippen LogP contribution is 2.36. The molecular formula is C21H30N6O3. The zero-order valence-electron chi connectivity index (χ0n) is 17.7. The average molecular weight is 415 g/mol. The molecule has 0 aliphatic carbocycles. The molecule has 30 heavy (non-hydrogen) atoms. The molecule has 2 aromatic heterocycles. The summed E-state index contributed by atoms with van der Waals surface area (Å²) in [5.74, 6) is 2.11. The van der Waals surface area contributed by atoms with E-state index in [9.17, 15) is 4.79 Å². The lowest BCUT2D eigenvalue weighted by Gasteiger charge is -2.38. The number of amides is 1. The zero-order valence-corrected chi connectivity index (χ0v) is 17.7. The first-order chi connectivity index (χ1) is 14.7. The van der Waals surface area contributed by atoms with E-state index in [-0.39, 0.29) is 11.9 Å². The van der Waals surface area contributed by atoms with Gasteiger partial charge >= 0.3 is 0 Å². The smallest absolute Gasteiger partial charge is 0.244 e. The Morgan fingerprint density at radius 2 is 2.13 bits per heavy atom. The maximum atomic E-state index is 11.6. The van der Waals surface area contributed by atoms with E-state index < -0.39 is 0 Å². The third-order valence-corrected chi connectivity index (χ3v) is 6.05. The standard InChI is InChI=1S/C21H30N6O3/c1-15(28)26-12-7-16(8-13-26)27-11-4-6-18(27)21-24-20(25-30-21)17-5-3-9-22-19(17)23-10-14-29-2/h3,5,9,16,18H,4,6-8,10-14H2,1-2H3,(H,22,23)/t18-/m0/s1. The van der Waals surface area contributed by atoms with E-state index in [1.165, 1.54) is 0 Å². The van der Waals surface area contributed by atoms with Crippen LogP contribution in [0.15, 0.2) is 22.9 Å². The van der Waals surface area contributed by atoms with Crippen LogP contribution < -0.4 is 5.32 Å². The third kappa shape index (κ3) is 4.46.